The molecule has 4 N–H and O–H groups in total. The van der Waals surface area contributed by atoms with Gasteiger partial charge in [-0.15, -0.1) is 0 Å². The van der Waals surface area contributed by atoms with Crippen molar-refractivity contribution in [3.63, 3.8) is 0 Å². The van der Waals surface area contributed by atoms with Gasteiger partial charge in [-0.1, -0.05) is 23.7 Å². The van der Waals surface area contributed by atoms with Crippen LogP contribution in [0.15, 0.2) is 53.4 Å². The molecule has 1 heterocycles. The maximum absolute atomic E-state index is 12.4. The topological polar surface area (TPSA) is 126 Å². The Labute approximate surface area is 198 Å². The number of sulfonamides is 1. The van der Waals surface area contributed by atoms with Crippen LogP contribution < -0.4 is 20.1 Å². The minimum Gasteiger partial charge on any atom is -0.495 e. The Kier molecular flexibility index (Phi) is 8.93. The monoisotopic (exact) mass is 497 g/mol. The number of hydrogen-bond donors (Lipinski definition) is 4. The van der Waals surface area contributed by atoms with Crippen molar-refractivity contribution in [2.24, 2.45) is 0 Å². The largest absolute Gasteiger partial charge is 0.495 e. The molecule has 0 aromatic heterocycles. The molecule has 0 spiro atoms. The standard InChI is InChI=1S/C22H28ClN3O6S/c1-31-20-5-3-2-4-18(20)25-22(28)26-19-11-8-16(32-21(19)14-27)12-13-24-33(29,30)17-9-6-15(23)7-10-17/h2-7,9-10,16,19,21,24,27H,8,11-14H2,1H3,(H2,25,26,28)/t16-,19+,21-/m0/s1. The predicted molar refractivity (Wildman–Crippen MR) is 125 cm³/mol. The van der Waals surface area contributed by atoms with E-state index >= 15 is 0 Å². The van der Waals surface area contributed by atoms with Crippen LogP contribution in [0.25, 0.3) is 0 Å². The number of carbonyl (C=O) groups excluding carboxylic acids is 1. The van der Waals surface area contributed by atoms with Gasteiger partial charge in [0.25, 0.3) is 0 Å². The van der Waals surface area contributed by atoms with E-state index in [0.29, 0.717) is 35.7 Å². The molecule has 0 unspecified atom stereocenters. The number of rotatable bonds is 9. The van der Waals surface area contributed by atoms with Crippen LogP contribution in [0.1, 0.15) is 19.3 Å². The molecular weight excluding hydrogens is 470 g/mol. The van der Waals surface area contributed by atoms with Crippen LogP contribution >= 0.6 is 11.6 Å². The van der Waals surface area contributed by atoms with E-state index in [-0.39, 0.29) is 30.2 Å². The second-order valence-corrected chi connectivity index (χ2v) is 9.81. The molecule has 0 bridgehead atoms. The van der Waals surface area contributed by atoms with Crippen LogP contribution in [-0.4, -0.2) is 58.1 Å². The van der Waals surface area contributed by atoms with Gasteiger partial charge in [0, 0.05) is 11.6 Å². The summed E-state index contributed by atoms with van der Waals surface area (Å²) in [6, 6.07) is 12.1. The molecule has 0 saturated carbocycles. The van der Waals surface area contributed by atoms with Crippen LogP contribution in [0.4, 0.5) is 10.5 Å². The smallest absolute Gasteiger partial charge is 0.319 e. The molecular formula is C22H28ClN3O6S. The van der Waals surface area contributed by atoms with Crippen LogP contribution in [0.5, 0.6) is 5.75 Å². The third kappa shape index (κ3) is 7.05. The number of para-hydroxylation sites is 2. The molecule has 11 heteroatoms. The number of aliphatic hydroxyl groups excluding tert-OH is 1. The van der Waals surface area contributed by atoms with E-state index in [1.165, 1.54) is 31.4 Å². The zero-order valence-electron chi connectivity index (χ0n) is 18.2. The fraction of sp³-hybridized carbons (Fsp3) is 0.409. The van der Waals surface area contributed by atoms with Crippen molar-refractivity contribution in [1.82, 2.24) is 10.0 Å². The lowest BCUT2D eigenvalue weighted by Gasteiger charge is -2.36. The van der Waals surface area contributed by atoms with Crippen molar-refractivity contribution in [3.8, 4) is 5.75 Å². The SMILES string of the molecule is COc1ccccc1NC(=O)N[C@@H]1CC[C@@H](CCNS(=O)(=O)c2ccc(Cl)cc2)O[C@H]1CO. The number of urea groups is 1. The number of methoxy groups -OCH3 is 1. The van der Waals surface area contributed by atoms with E-state index in [0.717, 1.165) is 0 Å². The normalized spacial score (nSPS) is 20.8. The van der Waals surface area contributed by atoms with Gasteiger partial charge in [0.15, 0.2) is 0 Å². The fourth-order valence-electron chi connectivity index (χ4n) is 3.64. The number of anilines is 1. The Morgan fingerprint density at radius 3 is 2.61 bits per heavy atom. The number of aliphatic hydroxyl groups is 1. The van der Waals surface area contributed by atoms with Crippen LogP contribution in [-0.2, 0) is 14.8 Å². The average molecular weight is 498 g/mol. The molecule has 180 valence electrons. The highest BCUT2D eigenvalue weighted by Crippen LogP contribution is 2.24. The van der Waals surface area contributed by atoms with Gasteiger partial charge in [-0.05, 0) is 55.7 Å². The number of benzene rings is 2. The summed E-state index contributed by atoms with van der Waals surface area (Å²) in [5, 5.41) is 15.8. The summed E-state index contributed by atoms with van der Waals surface area (Å²) in [7, 11) is -2.13. The lowest BCUT2D eigenvalue weighted by Crippen LogP contribution is -2.52. The number of amides is 2. The number of nitrogens with one attached hydrogen (secondary N) is 3. The first-order valence-electron chi connectivity index (χ1n) is 10.5. The van der Waals surface area contributed by atoms with Crippen LogP contribution in [0.2, 0.25) is 5.02 Å². The first-order valence-corrected chi connectivity index (χ1v) is 12.4. The summed E-state index contributed by atoms with van der Waals surface area (Å²) in [6.45, 7) is -0.0905. The zero-order chi connectivity index (χ0) is 23.8. The molecule has 33 heavy (non-hydrogen) atoms. The van der Waals surface area contributed by atoms with Gasteiger partial charge in [0.05, 0.1) is 36.4 Å². The lowest BCUT2D eigenvalue weighted by molar-refractivity contribution is -0.0884. The Morgan fingerprint density at radius 2 is 1.91 bits per heavy atom. The van der Waals surface area contributed by atoms with Gasteiger partial charge in [-0.3, -0.25) is 0 Å². The highest BCUT2D eigenvalue weighted by molar-refractivity contribution is 7.89. The molecule has 2 amide bonds. The van der Waals surface area contributed by atoms with Crippen molar-refractivity contribution >= 4 is 33.3 Å². The van der Waals surface area contributed by atoms with E-state index in [2.05, 4.69) is 15.4 Å². The summed E-state index contributed by atoms with van der Waals surface area (Å²) in [5.74, 6) is 0.535. The Balaban J connectivity index is 1.48. The van der Waals surface area contributed by atoms with Gasteiger partial charge in [-0.25, -0.2) is 17.9 Å². The Hall–Kier alpha value is -2.37. The minimum absolute atomic E-state index is 0.134. The van der Waals surface area contributed by atoms with E-state index in [9.17, 15) is 18.3 Å². The van der Waals surface area contributed by atoms with Gasteiger partial charge < -0.3 is 25.2 Å². The summed E-state index contributed by atoms with van der Waals surface area (Å²) >= 11 is 5.80. The van der Waals surface area contributed by atoms with Crippen molar-refractivity contribution in [1.29, 1.82) is 0 Å². The number of hydrogen-bond acceptors (Lipinski definition) is 6. The maximum atomic E-state index is 12.4. The third-order valence-corrected chi connectivity index (χ3v) is 7.08. The summed E-state index contributed by atoms with van der Waals surface area (Å²) in [6.07, 6.45) is 0.784. The Morgan fingerprint density at radius 1 is 1.18 bits per heavy atom. The van der Waals surface area contributed by atoms with Gasteiger partial charge in [-0.2, -0.15) is 0 Å². The number of carbonyl (C=O) groups is 1. The van der Waals surface area contributed by atoms with Gasteiger partial charge >= 0.3 is 6.03 Å². The van der Waals surface area contributed by atoms with Crippen LogP contribution in [0, 0.1) is 0 Å². The van der Waals surface area contributed by atoms with E-state index in [1.807, 2.05) is 0 Å². The summed E-state index contributed by atoms with van der Waals surface area (Å²) in [5.41, 5.74) is 0.528. The van der Waals surface area contributed by atoms with Crippen molar-refractivity contribution in [2.75, 3.05) is 25.6 Å². The number of ether oxygens (including phenoxy) is 2. The van der Waals surface area contributed by atoms with Crippen LogP contribution in [0.3, 0.4) is 0 Å². The zero-order valence-corrected chi connectivity index (χ0v) is 19.7. The van der Waals surface area contributed by atoms with Gasteiger partial charge in [0.2, 0.25) is 10.0 Å². The van der Waals surface area contributed by atoms with Crippen molar-refractivity contribution in [3.05, 3.63) is 53.6 Å². The molecule has 1 fully saturated rings. The summed E-state index contributed by atoms with van der Waals surface area (Å²) < 4.78 is 38.4. The van der Waals surface area contributed by atoms with E-state index in [1.54, 1.807) is 24.3 Å². The maximum Gasteiger partial charge on any atom is 0.319 e. The number of halogens is 1. The van der Waals surface area contributed by atoms with E-state index in [4.69, 9.17) is 21.1 Å². The minimum atomic E-state index is -3.65. The average Bonchev–Trinajstić information content (AvgIpc) is 2.80. The van der Waals surface area contributed by atoms with E-state index < -0.39 is 22.2 Å². The second-order valence-electron chi connectivity index (χ2n) is 7.60. The fourth-order valence-corrected chi connectivity index (χ4v) is 4.81. The molecule has 2 aromatic rings. The third-order valence-electron chi connectivity index (χ3n) is 5.35. The highest BCUT2D eigenvalue weighted by atomic mass is 35.5. The lowest BCUT2D eigenvalue weighted by atomic mass is 9.97. The van der Waals surface area contributed by atoms with Gasteiger partial charge in [0.1, 0.15) is 11.9 Å². The first-order chi connectivity index (χ1) is 15.8. The molecule has 0 radical (unpaired) electrons. The second kappa shape index (κ2) is 11.7. The molecule has 1 saturated heterocycles. The molecule has 3 atom stereocenters. The quantitative estimate of drug-likeness (QED) is 0.422. The molecule has 9 nitrogen and oxygen atoms in total. The Bertz CT molecular complexity index is 1030. The first kappa shape index (κ1) is 25.3. The predicted octanol–water partition coefficient (Wildman–Crippen LogP) is 2.75. The van der Waals surface area contributed by atoms with Crippen molar-refractivity contribution in [2.45, 2.75) is 42.4 Å². The highest BCUT2D eigenvalue weighted by Gasteiger charge is 2.32. The van der Waals surface area contributed by atoms with Crippen molar-refractivity contribution < 1.29 is 27.8 Å². The molecule has 1 aliphatic rings. The molecule has 2 aromatic carbocycles. The molecule has 3 rings (SSSR count). The molecule has 1 aliphatic heterocycles. The molecule has 0 aliphatic carbocycles. The summed E-state index contributed by atoms with van der Waals surface area (Å²) in [4.78, 5) is 12.6.